The highest BCUT2D eigenvalue weighted by Gasteiger charge is 2.63. The lowest BCUT2D eigenvalue weighted by Crippen LogP contribution is -2.64. The van der Waals surface area contributed by atoms with Crippen LogP contribution in [0.2, 0.25) is 0 Å². The van der Waals surface area contributed by atoms with Gasteiger partial charge in [0.05, 0.1) is 32.8 Å². The van der Waals surface area contributed by atoms with Crippen molar-refractivity contribution < 1.29 is 89.3 Å². The number of aliphatic hydroxyl groups excluding tert-OH is 5. The lowest BCUT2D eigenvalue weighted by atomic mass is 9.73. The van der Waals surface area contributed by atoms with Crippen LogP contribution in [0.4, 0.5) is 0 Å². The maximum atomic E-state index is 11.6. The first-order valence-corrected chi connectivity index (χ1v) is 17.3. The zero-order valence-corrected chi connectivity index (χ0v) is 29.5. The number of aromatic hydroxyl groups is 6. The van der Waals surface area contributed by atoms with Crippen LogP contribution in [0, 0.1) is 0 Å². The molecule has 18 heteroatoms. The fourth-order valence-electron chi connectivity index (χ4n) is 7.91. The molecule has 4 aromatic rings. The van der Waals surface area contributed by atoms with Gasteiger partial charge < -0.3 is 89.3 Å². The standard InChI is InChI=1S/C38H38O18/c1-50-24-6-14(7-25(51-2)30(24)46)38-36(54-37-33(49)32(48)31(47)26(12-39)52-37)29(27-20(44)8-15(40)9-22(27)55-38)28-23(56-38)11-18(42)16-10-21(45)34(53-35(16)28)13-3-4-17(41)19(43)5-13/h3-9,11,21,26,29,31-34,36-37,39-49H,10,12H2,1-2H3/t21-,26+,29?,31+,32-,33+,34?,36?,37-,38-/m0/s1. The van der Waals surface area contributed by atoms with Crippen molar-refractivity contribution in [1.29, 1.82) is 0 Å². The van der Waals surface area contributed by atoms with Crippen molar-refractivity contribution in [1.82, 2.24) is 0 Å². The van der Waals surface area contributed by atoms with Gasteiger partial charge in [-0.15, -0.1) is 0 Å². The third-order valence-electron chi connectivity index (χ3n) is 10.6. The van der Waals surface area contributed by atoms with E-state index in [0.717, 1.165) is 6.07 Å². The number of ether oxygens (including phenoxy) is 7. The molecule has 4 aliphatic rings. The minimum Gasteiger partial charge on any atom is -0.508 e. The number of benzene rings is 4. The van der Waals surface area contributed by atoms with E-state index in [4.69, 9.17) is 33.2 Å². The second-order valence-corrected chi connectivity index (χ2v) is 13.9. The first-order chi connectivity index (χ1) is 26.7. The van der Waals surface area contributed by atoms with Crippen LogP contribution < -0.4 is 23.7 Å². The van der Waals surface area contributed by atoms with Crippen LogP contribution in [0.3, 0.4) is 0 Å². The van der Waals surface area contributed by atoms with E-state index >= 15 is 0 Å². The van der Waals surface area contributed by atoms with Crippen molar-refractivity contribution in [3.63, 3.8) is 0 Å². The summed E-state index contributed by atoms with van der Waals surface area (Å²) in [5.74, 6) is -6.93. The summed E-state index contributed by atoms with van der Waals surface area (Å²) in [5, 5.41) is 119. The summed E-state index contributed by atoms with van der Waals surface area (Å²) in [4.78, 5) is 0. The molecule has 4 aliphatic heterocycles. The van der Waals surface area contributed by atoms with Crippen LogP contribution in [-0.4, -0.2) is 120 Å². The van der Waals surface area contributed by atoms with Gasteiger partial charge in [0.1, 0.15) is 65.0 Å². The Morgan fingerprint density at radius 2 is 1.41 bits per heavy atom. The highest BCUT2D eigenvalue weighted by atomic mass is 16.8. The van der Waals surface area contributed by atoms with Crippen LogP contribution in [0.15, 0.2) is 48.5 Å². The molecule has 1 fully saturated rings. The first-order valence-electron chi connectivity index (χ1n) is 17.3. The van der Waals surface area contributed by atoms with Gasteiger partial charge in [0.25, 0.3) is 0 Å². The predicted octanol–water partition coefficient (Wildman–Crippen LogP) is 0.929. The highest BCUT2D eigenvalue weighted by molar-refractivity contribution is 5.68. The van der Waals surface area contributed by atoms with Gasteiger partial charge in [-0.25, -0.2) is 0 Å². The Hall–Kier alpha value is -5.60. The molecule has 0 spiro atoms. The van der Waals surface area contributed by atoms with Gasteiger partial charge in [-0.1, -0.05) is 6.07 Å². The van der Waals surface area contributed by atoms with E-state index in [9.17, 15) is 56.2 Å². The van der Waals surface area contributed by atoms with E-state index < -0.39 is 96.1 Å². The normalized spacial score (nSPS) is 30.1. The monoisotopic (exact) mass is 782 g/mol. The minimum absolute atomic E-state index is 0.00807. The molecule has 298 valence electrons. The Balaban J connectivity index is 1.41. The van der Waals surface area contributed by atoms with Crippen molar-refractivity contribution in [2.45, 2.75) is 67.1 Å². The summed E-state index contributed by atoms with van der Waals surface area (Å²) >= 11 is 0. The van der Waals surface area contributed by atoms with E-state index in [1.165, 1.54) is 56.7 Å². The van der Waals surface area contributed by atoms with Crippen LogP contribution in [0.1, 0.15) is 39.8 Å². The van der Waals surface area contributed by atoms with Crippen LogP contribution in [0.5, 0.6) is 63.2 Å². The lowest BCUT2D eigenvalue weighted by molar-refractivity contribution is -0.345. The molecule has 8 rings (SSSR count). The maximum absolute atomic E-state index is 11.6. The topological polar surface area (TPSA) is 287 Å². The summed E-state index contributed by atoms with van der Waals surface area (Å²) in [6.45, 7) is -0.799. The summed E-state index contributed by atoms with van der Waals surface area (Å²) in [6, 6.07) is 9.88. The molecule has 0 saturated carbocycles. The van der Waals surface area contributed by atoms with Gasteiger partial charge in [0, 0.05) is 46.9 Å². The number of hydrogen-bond acceptors (Lipinski definition) is 18. The molecule has 2 bridgehead atoms. The second kappa shape index (κ2) is 13.6. The van der Waals surface area contributed by atoms with Crippen molar-refractivity contribution >= 4 is 0 Å². The Labute approximate surface area is 316 Å². The molecule has 1 saturated heterocycles. The van der Waals surface area contributed by atoms with Crippen LogP contribution in [-0.2, 0) is 21.7 Å². The molecule has 0 aliphatic carbocycles. The highest BCUT2D eigenvalue weighted by Crippen LogP contribution is 2.64. The molecule has 4 aromatic carbocycles. The molecule has 0 amide bonds. The maximum Gasteiger partial charge on any atom is 0.305 e. The van der Waals surface area contributed by atoms with Gasteiger partial charge in [-0.2, -0.15) is 0 Å². The SMILES string of the molecule is COc1cc([C@]23Oc4cc(O)cc(O)c4C(c4c(cc(O)c5c4OC(c4ccc(O)c(O)c4)[C@@H](O)C5)O2)C3O[C@@H]2O[C@H](CO)[C@@H](O)[C@H](O)[C@H]2O)cc(OC)c1O. The van der Waals surface area contributed by atoms with E-state index in [0.29, 0.717) is 0 Å². The van der Waals surface area contributed by atoms with Gasteiger partial charge in [0.15, 0.2) is 35.4 Å². The summed E-state index contributed by atoms with van der Waals surface area (Å²) < 4.78 is 42.9. The third kappa shape index (κ3) is 5.60. The van der Waals surface area contributed by atoms with E-state index in [1.54, 1.807) is 0 Å². The molecular weight excluding hydrogens is 744 g/mol. The van der Waals surface area contributed by atoms with E-state index in [-0.39, 0.29) is 68.7 Å². The lowest BCUT2D eigenvalue weighted by Gasteiger charge is -2.53. The third-order valence-corrected chi connectivity index (χ3v) is 10.6. The average Bonchev–Trinajstić information content (AvgIpc) is 3.16. The smallest absolute Gasteiger partial charge is 0.305 e. The number of hydrogen-bond donors (Lipinski definition) is 11. The van der Waals surface area contributed by atoms with Gasteiger partial charge >= 0.3 is 5.79 Å². The number of methoxy groups -OCH3 is 2. The Kier molecular flexibility index (Phi) is 9.04. The fraction of sp³-hybridized carbons (Fsp3) is 0.368. The van der Waals surface area contributed by atoms with Gasteiger partial charge in [-0.3, -0.25) is 0 Å². The van der Waals surface area contributed by atoms with E-state index in [1.807, 2.05) is 0 Å². The summed E-state index contributed by atoms with van der Waals surface area (Å²) in [7, 11) is 2.54. The van der Waals surface area contributed by atoms with Crippen molar-refractivity contribution in [3.8, 4) is 63.2 Å². The van der Waals surface area contributed by atoms with E-state index in [2.05, 4.69) is 0 Å². The fourth-order valence-corrected chi connectivity index (χ4v) is 7.91. The van der Waals surface area contributed by atoms with Gasteiger partial charge in [0.2, 0.25) is 5.75 Å². The van der Waals surface area contributed by atoms with Crippen LogP contribution in [0.25, 0.3) is 0 Å². The molecule has 0 radical (unpaired) electrons. The van der Waals surface area contributed by atoms with Crippen molar-refractivity contribution in [2.24, 2.45) is 0 Å². The zero-order chi connectivity index (χ0) is 40.0. The zero-order valence-electron chi connectivity index (χ0n) is 29.5. The molecule has 4 heterocycles. The number of phenols is 6. The average molecular weight is 783 g/mol. The first kappa shape index (κ1) is 37.3. The number of rotatable bonds is 7. The Bertz CT molecular complexity index is 2170. The second-order valence-electron chi connectivity index (χ2n) is 13.9. The quantitative estimate of drug-likeness (QED) is 0.116. The molecule has 0 aromatic heterocycles. The van der Waals surface area contributed by atoms with Crippen molar-refractivity contribution in [2.75, 3.05) is 20.8 Å². The minimum atomic E-state index is -2.31. The molecular formula is C38H38O18. The Morgan fingerprint density at radius 1 is 0.732 bits per heavy atom. The molecule has 56 heavy (non-hydrogen) atoms. The number of fused-ring (bicyclic) bond motifs is 8. The van der Waals surface area contributed by atoms with Crippen LogP contribution >= 0.6 is 0 Å². The van der Waals surface area contributed by atoms with Gasteiger partial charge in [-0.05, 0) is 29.8 Å². The molecule has 11 N–H and O–H groups in total. The molecule has 3 unspecified atom stereocenters. The molecule has 10 atom stereocenters. The predicted molar refractivity (Wildman–Crippen MR) is 185 cm³/mol. The Morgan fingerprint density at radius 3 is 2.05 bits per heavy atom. The largest absolute Gasteiger partial charge is 0.508 e. The summed E-state index contributed by atoms with van der Waals surface area (Å²) in [6.07, 6.45) is -13.2. The number of aliphatic hydroxyl groups is 5. The van der Waals surface area contributed by atoms with Crippen molar-refractivity contribution in [3.05, 3.63) is 76.3 Å². The summed E-state index contributed by atoms with van der Waals surface area (Å²) in [5.41, 5.74) is 0.397. The number of phenolic OH excluding ortho intramolecular Hbond substituents is 6. The molecule has 18 nitrogen and oxygen atoms in total.